The lowest BCUT2D eigenvalue weighted by molar-refractivity contribution is -0.496. The van der Waals surface area contributed by atoms with Crippen molar-refractivity contribution in [1.29, 1.82) is 0 Å². The van der Waals surface area contributed by atoms with Crippen molar-refractivity contribution in [2.75, 3.05) is 11.9 Å². The monoisotopic (exact) mass is 400 g/mol. The topological polar surface area (TPSA) is 138 Å². The van der Waals surface area contributed by atoms with Crippen molar-refractivity contribution in [1.82, 2.24) is 24.9 Å². The number of halogens is 1. The van der Waals surface area contributed by atoms with Crippen LogP contribution in [-0.4, -0.2) is 65.3 Å². The van der Waals surface area contributed by atoms with Gasteiger partial charge in [-0.25, -0.2) is 9.82 Å². The predicted molar refractivity (Wildman–Crippen MR) is 92.1 cm³/mol. The Morgan fingerprint density at radius 3 is 2.85 bits per heavy atom. The summed E-state index contributed by atoms with van der Waals surface area (Å²) in [5, 5.41) is 30.5. The van der Waals surface area contributed by atoms with Crippen LogP contribution >= 0.6 is 11.6 Å². The van der Waals surface area contributed by atoms with E-state index in [1.165, 1.54) is 12.8 Å². The Morgan fingerprint density at radius 2 is 2.11 bits per heavy atom. The Labute approximate surface area is 159 Å². The Kier molecular flexibility index (Phi) is 5.41. The van der Waals surface area contributed by atoms with Crippen LogP contribution in [0.5, 0.6) is 0 Å². The van der Waals surface area contributed by atoms with Gasteiger partial charge in [-0.15, -0.1) is 0 Å². The van der Waals surface area contributed by atoms with Crippen molar-refractivity contribution >= 4 is 28.6 Å². The number of ether oxygens (including phenoxy) is 1. The van der Waals surface area contributed by atoms with Crippen molar-refractivity contribution in [3.63, 3.8) is 0 Å². The minimum Gasteiger partial charge on any atom is -0.390 e. The van der Waals surface area contributed by atoms with Crippen LogP contribution in [0.2, 0.25) is 5.28 Å². The number of nitrogens with one attached hydrogen (secondary N) is 1. The first-order valence-electron chi connectivity index (χ1n) is 8.82. The number of anilines is 1. The molecule has 4 N–H and O–H groups in total. The van der Waals surface area contributed by atoms with Crippen LogP contribution in [-0.2, 0) is 9.57 Å². The summed E-state index contributed by atoms with van der Waals surface area (Å²) in [5.41, 5.74) is 1.08. The van der Waals surface area contributed by atoms with E-state index in [-0.39, 0.29) is 18.3 Å². The third kappa shape index (κ3) is 3.99. The number of rotatable bonds is 6. The van der Waals surface area contributed by atoms with Crippen LogP contribution in [0.3, 0.4) is 0 Å². The zero-order valence-electron chi connectivity index (χ0n) is 14.4. The van der Waals surface area contributed by atoms with E-state index < -0.39 is 23.8 Å². The van der Waals surface area contributed by atoms with Gasteiger partial charge in [0.2, 0.25) is 5.28 Å². The molecule has 148 valence electrons. The first kappa shape index (κ1) is 18.7. The van der Waals surface area contributed by atoms with Crippen molar-refractivity contribution in [3.8, 4) is 0 Å². The largest absolute Gasteiger partial charge is 0.390 e. The lowest BCUT2D eigenvalue weighted by Crippen LogP contribution is -2.30. The molecule has 2 aromatic rings. The first-order valence-corrected chi connectivity index (χ1v) is 9.20. The quantitative estimate of drug-likeness (QED) is 0.416. The van der Waals surface area contributed by atoms with Gasteiger partial charge in [-0.05, 0) is 24.4 Å². The molecular formula is C15H21ClN6O5. The number of fused-ring (bicyclic) bond motifs is 1. The summed E-state index contributed by atoms with van der Waals surface area (Å²) in [7, 11) is 0. The second-order valence-electron chi connectivity index (χ2n) is 6.77. The van der Waals surface area contributed by atoms with E-state index in [0.29, 0.717) is 23.0 Å². The molecule has 1 aliphatic heterocycles. The molecule has 0 spiro atoms. The second-order valence-corrected chi connectivity index (χ2v) is 7.11. The van der Waals surface area contributed by atoms with E-state index in [0.717, 1.165) is 12.8 Å². The highest BCUT2D eigenvalue weighted by atomic mass is 35.5. The Bertz CT molecular complexity index is 798. The summed E-state index contributed by atoms with van der Waals surface area (Å²) >= 11 is 6.11. The molecule has 3 atom stereocenters. The van der Waals surface area contributed by atoms with Gasteiger partial charge in [-0.2, -0.15) is 9.97 Å². The molecule has 4 rings (SSSR count). The molecular weight excluding hydrogens is 380 g/mol. The minimum atomic E-state index is -0.846. The molecule has 1 aliphatic carbocycles. The Balaban J connectivity index is 1.57. The van der Waals surface area contributed by atoms with Gasteiger partial charge < -0.3 is 15.2 Å². The van der Waals surface area contributed by atoms with E-state index in [1.807, 2.05) is 0 Å². The van der Waals surface area contributed by atoms with E-state index in [4.69, 9.17) is 26.8 Å². The van der Waals surface area contributed by atoms with E-state index in [9.17, 15) is 5.11 Å². The van der Waals surface area contributed by atoms with Crippen LogP contribution in [0.25, 0.3) is 11.2 Å². The number of aromatic nitrogens is 4. The van der Waals surface area contributed by atoms with E-state index in [1.54, 1.807) is 10.9 Å². The fraction of sp³-hybridized carbons (Fsp3) is 0.667. The number of hydrogen-bond acceptors (Lipinski definition) is 10. The van der Waals surface area contributed by atoms with Crippen LogP contribution in [0.15, 0.2) is 6.33 Å². The zero-order valence-corrected chi connectivity index (χ0v) is 15.2. The molecule has 0 amide bonds. The number of aliphatic hydroxyl groups is 1. The van der Waals surface area contributed by atoms with Gasteiger partial charge >= 0.3 is 0 Å². The molecule has 11 nitrogen and oxygen atoms in total. The highest BCUT2D eigenvalue weighted by Gasteiger charge is 2.36. The third-order valence-corrected chi connectivity index (χ3v) is 5.13. The van der Waals surface area contributed by atoms with Gasteiger partial charge in [0.1, 0.15) is 18.9 Å². The molecule has 2 aromatic heterocycles. The molecule has 12 heteroatoms. The summed E-state index contributed by atoms with van der Waals surface area (Å²) in [6, 6.07) is 0.343. The maximum absolute atomic E-state index is 10.2. The SMILES string of the molecule is O[C@H]1C[C@H](n2cnc3c(NC4CCCC4)nc(Cl)nc32)O[C@@H]1CON(O)O. The summed E-state index contributed by atoms with van der Waals surface area (Å²) in [6.07, 6.45) is 4.24. The molecule has 0 aromatic carbocycles. The summed E-state index contributed by atoms with van der Waals surface area (Å²) in [6.45, 7) is -0.221. The Morgan fingerprint density at radius 1 is 1.33 bits per heavy atom. The Hall–Kier alpha value is -1.60. The van der Waals surface area contributed by atoms with Gasteiger partial charge in [0.15, 0.2) is 17.0 Å². The standard InChI is InChI=1S/C15H21ClN6O5/c16-15-19-13(18-8-3-1-2-4-8)12-14(20-15)21(7-17-12)11-5-9(23)10(27-11)6-26-22(24)25/h7-11,23-25H,1-6H2,(H,18,19,20)/t9-,10+,11+/m0/s1. The number of nitrogens with zero attached hydrogens (tertiary/aromatic N) is 5. The summed E-state index contributed by atoms with van der Waals surface area (Å²) in [5.74, 6) is 0.588. The molecule has 1 saturated carbocycles. The normalized spacial score (nSPS) is 26.5. The highest BCUT2D eigenvalue weighted by Crippen LogP contribution is 2.33. The van der Waals surface area contributed by atoms with Crippen LogP contribution in [0.4, 0.5) is 5.82 Å². The second kappa shape index (κ2) is 7.80. The lowest BCUT2D eigenvalue weighted by atomic mass is 10.2. The fourth-order valence-corrected chi connectivity index (χ4v) is 3.81. The van der Waals surface area contributed by atoms with Gasteiger partial charge in [0.05, 0.1) is 17.8 Å². The van der Waals surface area contributed by atoms with Crippen LogP contribution in [0, 0.1) is 0 Å². The average Bonchev–Trinajstić information content (AvgIpc) is 3.33. The molecule has 0 bridgehead atoms. The minimum absolute atomic E-state index is 0.0966. The number of imidazole rings is 1. The summed E-state index contributed by atoms with van der Waals surface area (Å²) < 4.78 is 7.45. The number of hydrogen-bond donors (Lipinski definition) is 4. The van der Waals surface area contributed by atoms with Gasteiger partial charge in [-0.1, -0.05) is 12.8 Å². The van der Waals surface area contributed by atoms with E-state index >= 15 is 0 Å². The van der Waals surface area contributed by atoms with Crippen molar-refractivity contribution in [2.45, 2.75) is 56.6 Å². The van der Waals surface area contributed by atoms with Gasteiger partial charge in [0, 0.05) is 12.5 Å². The van der Waals surface area contributed by atoms with E-state index in [2.05, 4.69) is 25.1 Å². The zero-order chi connectivity index (χ0) is 19.0. The molecule has 2 fully saturated rings. The van der Waals surface area contributed by atoms with Crippen molar-refractivity contribution < 1.29 is 25.1 Å². The lowest BCUT2D eigenvalue weighted by Gasteiger charge is -2.16. The highest BCUT2D eigenvalue weighted by molar-refractivity contribution is 6.28. The maximum atomic E-state index is 10.2. The third-order valence-electron chi connectivity index (χ3n) is 4.96. The van der Waals surface area contributed by atoms with Crippen molar-refractivity contribution in [3.05, 3.63) is 11.6 Å². The van der Waals surface area contributed by atoms with Crippen molar-refractivity contribution in [2.24, 2.45) is 0 Å². The molecule has 0 unspecified atom stereocenters. The smallest absolute Gasteiger partial charge is 0.226 e. The predicted octanol–water partition coefficient (Wildman–Crippen LogP) is 1.49. The molecule has 2 aliphatic rings. The van der Waals surface area contributed by atoms with Gasteiger partial charge in [0.25, 0.3) is 0 Å². The van der Waals surface area contributed by atoms with Crippen LogP contribution < -0.4 is 5.32 Å². The fourth-order valence-electron chi connectivity index (χ4n) is 3.64. The average molecular weight is 401 g/mol. The summed E-state index contributed by atoms with van der Waals surface area (Å²) in [4.78, 5) is 17.5. The molecule has 3 heterocycles. The molecule has 1 saturated heterocycles. The van der Waals surface area contributed by atoms with Gasteiger partial charge in [-0.3, -0.25) is 15.0 Å². The maximum Gasteiger partial charge on any atom is 0.226 e. The molecule has 27 heavy (non-hydrogen) atoms. The molecule has 0 radical (unpaired) electrons. The van der Waals surface area contributed by atoms with Crippen LogP contribution in [0.1, 0.15) is 38.3 Å². The number of aliphatic hydroxyl groups excluding tert-OH is 1. The first-order chi connectivity index (χ1) is 13.0.